The highest BCUT2D eigenvalue weighted by molar-refractivity contribution is 7.89. The Morgan fingerprint density at radius 3 is 2.65 bits per heavy atom. The Bertz CT molecular complexity index is 1220. The van der Waals surface area contributed by atoms with Crippen LogP contribution in [0.25, 0.3) is 0 Å². The third kappa shape index (κ3) is 5.63. The summed E-state index contributed by atoms with van der Waals surface area (Å²) in [5, 5.41) is 3.03. The van der Waals surface area contributed by atoms with Gasteiger partial charge in [-0.25, -0.2) is 13.4 Å². The molecular weight excluding hydrogens is 454 g/mol. The highest BCUT2D eigenvalue weighted by atomic mass is 32.2. The first-order valence-corrected chi connectivity index (χ1v) is 12.7. The number of hydrogen-bond acceptors (Lipinski definition) is 6. The number of piperidine rings is 1. The van der Waals surface area contributed by atoms with E-state index in [1.165, 1.54) is 10.5 Å². The summed E-state index contributed by atoms with van der Waals surface area (Å²) in [4.78, 5) is 21.1. The topological polar surface area (TPSA) is 106 Å². The molecule has 1 aliphatic heterocycles. The van der Waals surface area contributed by atoms with Crippen LogP contribution in [-0.2, 0) is 35.0 Å². The summed E-state index contributed by atoms with van der Waals surface area (Å²) in [6.45, 7) is 3.11. The van der Waals surface area contributed by atoms with E-state index in [0.29, 0.717) is 50.7 Å². The van der Waals surface area contributed by atoms with Gasteiger partial charge in [0.25, 0.3) is 10.0 Å². The molecule has 1 aliphatic rings. The third-order valence-corrected chi connectivity index (χ3v) is 7.76. The average molecular weight is 484 g/mol. The van der Waals surface area contributed by atoms with Gasteiger partial charge in [0.15, 0.2) is 5.03 Å². The molecule has 0 atom stereocenters. The number of rotatable bonds is 8. The molecule has 1 saturated heterocycles. The number of ether oxygens (including phenoxy) is 1. The Kier molecular flexibility index (Phi) is 7.28. The number of carbonyl (C=O) groups excluding carboxylic acids is 1. The summed E-state index contributed by atoms with van der Waals surface area (Å²) in [6, 6.07) is 13.3. The molecule has 4 rings (SSSR count). The highest BCUT2D eigenvalue weighted by Gasteiger charge is 2.33. The van der Waals surface area contributed by atoms with Crippen molar-refractivity contribution in [1.82, 2.24) is 24.2 Å². The molecule has 10 heteroatoms. The van der Waals surface area contributed by atoms with E-state index in [0.717, 1.165) is 11.3 Å². The van der Waals surface area contributed by atoms with Crippen LogP contribution in [0.2, 0.25) is 0 Å². The number of imidazole rings is 1. The number of aryl methyl sites for hydroxylation is 2. The van der Waals surface area contributed by atoms with Gasteiger partial charge in [0, 0.05) is 45.0 Å². The average Bonchev–Trinajstić information content (AvgIpc) is 3.21. The molecular formula is C24H29N5O4S. The van der Waals surface area contributed by atoms with Crippen molar-refractivity contribution in [2.45, 2.75) is 37.9 Å². The lowest BCUT2D eigenvalue weighted by molar-refractivity contribution is -0.126. The van der Waals surface area contributed by atoms with Gasteiger partial charge in [-0.2, -0.15) is 4.31 Å². The molecule has 34 heavy (non-hydrogen) atoms. The van der Waals surface area contributed by atoms with Gasteiger partial charge in [-0.3, -0.25) is 9.78 Å². The minimum absolute atomic E-state index is 0.0561. The Labute approximate surface area is 199 Å². The maximum atomic E-state index is 12.8. The van der Waals surface area contributed by atoms with Gasteiger partial charge < -0.3 is 14.6 Å². The van der Waals surface area contributed by atoms with Crippen molar-refractivity contribution >= 4 is 15.9 Å². The summed E-state index contributed by atoms with van der Waals surface area (Å²) in [7, 11) is -1.88. The predicted molar refractivity (Wildman–Crippen MR) is 126 cm³/mol. The minimum atomic E-state index is -3.65. The lowest BCUT2D eigenvalue weighted by Crippen LogP contribution is -2.43. The first kappa shape index (κ1) is 23.9. The smallest absolute Gasteiger partial charge is 0.262 e. The fourth-order valence-corrected chi connectivity index (χ4v) is 5.36. The fraction of sp³-hybridized carbons (Fsp3) is 0.375. The first-order chi connectivity index (χ1) is 16.3. The molecule has 3 aromatic rings. The number of amides is 1. The molecule has 0 radical (unpaired) electrons. The van der Waals surface area contributed by atoms with E-state index < -0.39 is 10.0 Å². The zero-order chi connectivity index (χ0) is 24.1. The number of hydrogen-bond donors (Lipinski definition) is 1. The Hall–Kier alpha value is -3.24. The van der Waals surface area contributed by atoms with Crippen LogP contribution in [0.4, 0.5) is 0 Å². The number of benzene rings is 1. The molecule has 1 aromatic carbocycles. The number of nitrogens with one attached hydrogen (secondary N) is 1. The number of carbonyl (C=O) groups is 1. The summed E-state index contributed by atoms with van der Waals surface area (Å²) < 4.78 is 34.6. The monoisotopic (exact) mass is 483 g/mol. The van der Waals surface area contributed by atoms with Gasteiger partial charge in [-0.15, -0.1) is 0 Å². The van der Waals surface area contributed by atoms with Gasteiger partial charge in [-0.1, -0.05) is 18.2 Å². The number of sulfonamides is 1. The Morgan fingerprint density at radius 1 is 1.18 bits per heavy atom. The van der Waals surface area contributed by atoms with Crippen LogP contribution in [0.5, 0.6) is 5.75 Å². The van der Waals surface area contributed by atoms with E-state index in [2.05, 4.69) is 15.3 Å². The predicted octanol–water partition coefficient (Wildman–Crippen LogP) is 2.42. The SMILES string of the molecule is Cc1nc(S(=O)(=O)N2CCC(C(=O)NCc3cccc(OCc4ccccn4)c3)CC2)cn1C. The van der Waals surface area contributed by atoms with E-state index in [4.69, 9.17) is 4.74 Å². The van der Waals surface area contributed by atoms with Crippen molar-refractivity contribution in [2.24, 2.45) is 13.0 Å². The Balaban J connectivity index is 1.27. The lowest BCUT2D eigenvalue weighted by atomic mass is 9.97. The molecule has 0 bridgehead atoms. The standard InChI is InChI=1S/C24H29N5O4S/c1-18-27-23(16-28(18)2)34(31,32)29-12-9-20(10-13-29)24(30)26-15-19-6-5-8-22(14-19)33-17-21-7-3-4-11-25-21/h3-8,11,14,16,20H,9-10,12-13,15,17H2,1-2H3,(H,26,30). The zero-order valence-electron chi connectivity index (χ0n) is 19.3. The molecule has 2 aromatic heterocycles. The number of nitrogens with zero attached hydrogens (tertiary/aromatic N) is 4. The summed E-state index contributed by atoms with van der Waals surface area (Å²) in [6.07, 6.45) is 4.20. The highest BCUT2D eigenvalue weighted by Crippen LogP contribution is 2.24. The van der Waals surface area contributed by atoms with Gasteiger partial charge >= 0.3 is 0 Å². The van der Waals surface area contributed by atoms with Crippen molar-refractivity contribution in [3.05, 3.63) is 71.9 Å². The first-order valence-electron chi connectivity index (χ1n) is 11.2. The Morgan fingerprint density at radius 2 is 1.97 bits per heavy atom. The van der Waals surface area contributed by atoms with Crippen LogP contribution in [0, 0.1) is 12.8 Å². The molecule has 1 N–H and O–H groups in total. The molecule has 0 spiro atoms. The van der Waals surface area contributed by atoms with Crippen molar-refractivity contribution < 1.29 is 17.9 Å². The maximum absolute atomic E-state index is 12.8. The normalized spacial score (nSPS) is 15.2. The van der Waals surface area contributed by atoms with Crippen LogP contribution < -0.4 is 10.1 Å². The molecule has 0 unspecified atom stereocenters. The fourth-order valence-electron chi connectivity index (χ4n) is 3.86. The second-order valence-corrected chi connectivity index (χ2v) is 10.3. The van der Waals surface area contributed by atoms with Crippen LogP contribution in [0.1, 0.15) is 29.9 Å². The summed E-state index contributed by atoms with van der Waals surface area (Å²) >= 11 is 0. The maximum Gasteiger partial charge on any atom is 0.262 e. The summed E-state index contributed by atoms with van der Waals surface area (Å²) in [5.41, 5.74) is 1.77. The summed E-state index contributed by atoms with van der Waals surface area (Å²) in [5.74, 6) is 1.06. The van der Waals surface area contributed by atoms with Crippen LogP contribution in [0.15, 0.2) is 59.9 Å². The van der Waals surface area contributed by atoms with Crippen molar-refractivity contribution in [2.75, 3.05) is 13.1 Å². The number of pyridine rings is 1. The van der Waals surface area contributed by atoms with Crippen molar-refractivity contribution in [3.8, 4) is 5.75 Å². The van der Waals surface area contributed by atoms with Crippen LogP contribution in [-0.4, -0.2) is 46.3 Å². The van der Waals surface area contributed by atoms with Crippen LogP contribution in [0.3, 0.4) is 0 Å². The van der Waals surface area contributed by atoms with Crippen LogP contribution >= 0.6 is 0 Å². The van der Waals surface area contributed by atoms with Crippen molar-refractivity contribution in [3.63, 3.8) is 0 Å². The van der Waals surface area contributed by atoms with E-state index in [1.54, 1.807) is 24.7 Å². The van der Waals surface area contributed by atoms with E-state index in [1.807, 2.05) is 42.5 Å². The van der Waals surface area contributed by atoms with Gasteiger partial charge in [0.1, 0.15) is 18.2 Å². The molecule has 9 nitrogen and oxygen atoms in total. The van der Waals surface area contributed by atoms with Crippen molar-refractivity contribution in [1.29, 1.82) is 0 Å². The van der Waals surface area contributed by atoms with Gasteiger partial charge in [0.2, 0.25) is 5.91 Å². The molecule has 3 heterocycles. The molecule has 0 aliphatic carbocycles. The molecule has 1 fully saturated rings. The lowest BCUT2D eigenvalue weighted by Gasteiger charge is -2.30. The van der Waals surface area contributed by atoms with E-state index in [-0.39, 0.29) is 16.9 Å². The molecule has 0 saturated carbocycles. The largest absolute Gasteiger partial charge is 0.487 e. The van der Waals surface area contributed by atoms with Gasteiger partial charge in [0.05, 0.1) is 5.69 Å². The van der Waals surface area contributed by atoms with E-state index in [9.17, 15) is 13.2 Å². The quantitative estimate of drug-likeness (QED) is 0.527. The zero-order valence-corrected chi connectivity index (χ0v) is 20.2. The minimum Gasteiger partial charge on any atom is -0.487 e. The number of aromatic nitrogens is 3. The van der Waals surface area contributed by atoms with Gasteiger partial charge in [-0.05, 0) is 49.6 Å². The second kappa shape index (κ2) is 10.4. The third-order valence-electron chi connectivity index (χ3n) is 5.99. The molecule has 180 valence electrons. The molecule has 1 amide bonds. The van der Waals surface area contributed by atoms with E-state index >= 15 is 0 Å². The second-order valence-electron chi connectivity index (χ2n) is 8.39.